The number of fused-ring (bicyclic) bond motifs is 1. The van der Waals surface area contributed by atoms with Gasteiger partial charge in [-0.1, -0.05) is 0 Å². The zero-order chi connectivity index (χ0) is 18.3. The molecule has 0 aliphatic rings. The Morgan fingerprint density at radius 1 is 1.12 bits per heavy atom. The molecule has 130 valence electrons. The first-order valence-electron chi connectivity index (χ1n) is 8.07. The first-order valence-corrected chi connectivity index (χ1v) is 8.07. The zero-order valence-corrected chi connectivity index (χ0v) is 14.2. The third-order valence-corrected chi connectivity index (χ3v) is 4.06. The van der Waals surface area contributed by atoms with Crippen LogP contribution in [0.15, 0.2) is 57.7 Å². The number of anilines is 1. The van der Waals surface area contributed by atoms with Crippen molar-refractivity contribution in [1.29, 1.82) is 0 Å². The first-order chi connectivity index (χ1) is 12.5. The minimum Gasteiger partial charge on any atom is -0.408 e. The Morgan fingerprint density at radius 2 is 1.88 bits per heavy atom. The Kier molecular flexibility index (Phi) is 3.69. The van der Waals surface area contributed by atoms with Crippen molar-refractivity contribution in [3.8, 4) is 5.69 Å². The molecule has 7 heteroatoms. The molecular formula is C19H16N4O3. The van der Waals surface area contributed by atoms with E-state index >= 15 is 0 Å². The molecule has 0 fully saturated rings. The van der Waals surface area contributed by atoms with Crippen LogP contribution >= 0.6 is 0 Å². The summed E-state index contributed by atoms with van der Waals surface area (Å²) in [4.78, 5) is 26.2. The Morgan fingerprint density at radius 3 is 2.58 bits per heavy atom. The van der Waals surface area contributed by atoms with Gasteiger partial charge in [0.1, 0.15) is 0 Å². The van der Waals surface area contributed by atoms with Crippen LogP contribution in [-0.4, -0.2) is 20.7 Å². The molecular weight excluding hydrogens is 332 g/mol. The van der Waals surface area contributed by atoms with Gasteiger partial charge in [-0.15, -0.1) is 0 Å². The Hall–Kier alpha value is -3.61. The summed E-state index contributed by atoms with van der Waals surface area (Å²) in [6.07, 6.45) is 0. The number of hydrogen-bond acceptors (Lipinski definition) is 4. The fourth-order valence-electron chi connectivity index (χ4n) is 2.88. The molecule has 2 N–H and O–H groups in total. The molecule has 2 aromatic carbocycles. The number of aromatic nitrogens is 3. The number of carbonyl (C=O) groups is 1. The van der Waals surface area contributed by atoms with Gasteiger partial charge < -0.3 is 9.73 Å². The molecule has 4 aromatic rings. The number of nitrogens with zero attached hydrogens (tertiary/aromatic N) is 2. The van der Waals surface area contributed by atoms with Gasteiger partial charge in [-0.25, -0.2) is 9.48 Å². The summed E-state index contributed by atoms with van der Waals surface area (Å²) in [6.45, 7) is 3.92. The van der Waals surface area contributed by atoms with Crippen molar-refractivity contribution < 1.29 is 9.21 Å². The van der Waals surface area contributed by atoms with Crippen molar-refractivity contribution in [2.24, 2.45) is 0 Å². The number of benzene rings is 2. The van der Waals surface area contributed by atoms with E-state index in [9.17, 15) is 9.59 Å². The van der Waals surface area contributed by atoms with Gasteiger partial charge in [-0.05, 0) is 62.4 Å². The largest absolute Gasteiger partial charge is 0.417 e. The second-order valence-corrected chi connectivity index (χ2v) is 6.07. The molecule has 4 rings (SSSR count). The van der Waals surface area contributed by atoms with Gasteiger partial charge in [0, 0.05) is 16.9 Å². The van der Waals surface area contributed by atoms with Crippen LogP contribution in [0.4, 0.5) is 5.69 Å². The lowest BCUT2D eigenvalue weighted by molar-refractivity contribution is 0.102. The predicted octanol–water partition coefficient (Wildman–Crippen LogP) is 3.18. The maximum absolute atomic E-state index is 12.4. The average molecular weight is 348 g/mol. The molecule has 26 heavy (non-hydrogen) atoms. The summed E-state index contributed by atoms with van der Waals surface area (Å²) in [6, 6.07) is 14.2. The van der Waals surface area contributed by atoms with Crippen LogP contribution < -0.4 is 11.1 Å². The Labute approximate surface area is 148 Å². The van der Waals surface area contributed by atoms with E-state index in [0.29, 0.717) is 22.4 Å². The highest BCUT2D eigenvalue weighted by Crippen LogP contribution is 2.18. The van der Waals surface area contributed by atoms with Crippen LogP contribution in [0.2, 0.25) is 0 Å². The molecule has 0 spiro atoms. The van der Waals surface area contributed by atoms with Crippen LogP contribution in [0.1, 0.15) is 21.7 Å². The molecule has 0 bridgehead atoms. The minimum absolute atomic E-state index is 0.241. The van der Waals surface area contributed by atoms with Crippen LogP contribution in [0.3, 0.4) is 0 Å². The van der Waals surface area contributed by atoms with E-state index < -0.39 is 5.76 Å². The summed E-state index contributed by atoms with van der Waals surface area (Å²) in [5.41, 5.74) is 4.94. The molecule has 0 saturated heterocycles. The number of amides is 1. The average Bonchev–Trinajstić information content (AvgIpc) is 3.15. The number of aromatic amines is 1. The quantitative estimate of drug-likeness (QED) is 0.595. The van der Waals surface area contributed by atoms with Crippen molar-refractivity contribution in [3.63, 3.8) is 0 Å². The van der Waals surface area contributed by atoms with Crippen LogP contribution in [0, 0.1) is 13.8 Å². The number of oxazole rings is 1. The van der Waals surface area contributed by atoms with Gasteiger partial charge in [-0.3, -0.25) is 9.78 Å². The van der Waals surface area contributed by atoms with Gasteiger partial charge in [-0.2, -0.15) is 5.10 Å². The molecule has 0 atom stereocenters. The maximum Gasteiger partial charge on any atom is 0.417 e. The van der Waals surface area contributed by atoms with Crippen molar-refractivity contribution in [2.45, 2.75) is 13.8 Å². The second kappa shape index (κ2) is 6.03. The smallest absolute Gasteiger partial charge is 0.408 e. The molecule has 0 unspecified atom stereocenters. The van der Waals surface area contributed by atoms with Crippen molar-refractivity contribution in [3.05, 3.63) is 76.0 Å². The van der Waals surface area contributed by atoms with E-state index in [4.69, 9.17) is 4.42 Å². The highest BCUT2D eigenvalue weighted by Gasteiger charge is 2.09. The molecule has 7 nitrogen and oxygen atoms in total. The number of H-pyrrole nitrogens is 1. The van der Waals surface area contributed by atoms with Crippen molar-refractivity contribution >= 4 is 22.7 Å². The fourth-order valence-corrected chi connectivity index (χ4v) is 2.88. The van der Waals surface area contributed by atoms with Crippen LogP contribution in [-0.2, 0) is 0 Å². The third-order valence-electron chi connectivity index (χ3n) is 4.06. The highest BCUT2D eigenvalue weighted by molar-refractivity contribution is 6.05. The lowest BCUT2D eigenvalue weighted by atomic mass is 10.2. The SMILES string of the molecule is Cc1cc(C)n(-c2ccc(C(=O)Nc3ccc4oc(=O)[nH]c4c3)cc2)n1. The molecule has 1 amide bonds. The molecule has 0 aliphatic carbocycles. The van der Waals surface area contributed by atoms with E-state index in [2.05, 4.69) is 15.4 Å². The zero-order valence-electron chi connectivity index (χ0n) is 14.2. The van der Waals surface area contributed by atoms with Gasteiger partial charge in [0.15, 0.2) is 5.58 Å². The summed E-state index contributed by atoms with van der Waals surface area (Å²) in [7, 11) is 0. The lowest BCUT2D eigenvalue weighted by Gasteiger charge is -2.07. The second-order valence-electron chi connectivity index (χ2n) is 6.07. The highest BCUT2D eigenvalue weighted by atomic mass is 16.4. The molecule has 0 saturated carbocycles. The van der Waals surface area contributed by atoms with Crippen molar-refractivity contribution in [1.82, 2.24) is 14.8 Å². The maximum atomic E-state index is 12.4. The number of carbonyl (C=O) groups excluding carboxylic acids is 1. The topological polar surface area (TPSA) is 92.9 Å². The predicted molar refractivity (Wildman–Crippen MR) is 97.8 cm³/mol. The number of nitrogens with one attached hydrogen (secondary N) is 2. The van der Waals surface area contributed by atoms with E-state index in [1.54, 1.807) is 30.3 Å². The first kappa shape index (κ1) is 15.9. The molecule has 2 aromatic heterocycles. The number of rotatable bonds is 3. The molecule has 0 aliphatic heterocycles. The van der Waals surface area contributed by atoms with Gasteiger partial charge in [0.05, 0.1) is 16.9 Å². The lowest BCUT2D eigenvalue weighted by Crippen LogP contribution is -2.12. The number of hydrogen-bond donors (Lipinski definition) is 2. The van der Waals surface area contributed by atoms with Crippen LogP contribution in [0.5, 0.6) is 0 Å². The van der Waals surface area contributed by atoms with E-state index in [-0.39, 0.29) is 5.91 Å². The normalized spacial score (nSPS) is 11.0. The summed E-state index contributed by atoms with van der Waals surface area (Å²) in [5.74, 6) is -0.765. The molecule has 0 radical (unpaired) electrons. The van der Waals surface area contributed by atoms with E-state index in [0.717, 1.165) is 17.1 Å². The minimum atomic E-state index is -0.525. The van der Waals surface area contributed by atoms with E-state index in [1.807, 2.05) is 36.7 Å². The van der Waals surface area contributed by atoms with Crippen molar-refractivity contribution in [2.75, 3.05) is 5.32 Å². The Bertz CT molecular complexity index is 1170. The fraction of sp³-hybridized carbons (Fsp3) is 0.105. The van der Waals surface area contributed by atoms with Gasteiger partial charge >= 0.3 is 5.76 Å². The Balaban J connectivity index is 1.55. The summed E-state index contributed by atoms with van der Waals surface area (Å²) >= 11 is 0. The number of aryl methyl sites for hydroxylation is 2. The van der Waals surface area contributed by atoms with Gasteiger partial charge in [0.2, 0.25) is 0 Å². The standard InChI is InChI=1S/C19H16N4O3/c1-11-9-12(2)23(22-11)15-6-3-13(4-7-15)18(24)20-14-5-8-17-16(10-14)21-19(25)26-17/h3-10H,1-2H3,(H,20,24)(H,21,25). The van der Waals surface area contributed by atoms with Gasteiger partial charge in [0.25, 0.3) is 5.91 Å². The summed E-state index contributed by atoms with van der Waals surface area (Å²) < 4.78 is 6.78. The van der Waals surface area contributed by atoms with Crippen LogP contribution in [0.25, 0.3) is 16.8 Å². The summed E-state index contributed by atoms with van der Waals surface area (Å²) in [5, 5.41) is 7.24. The monoisotopic (exact) mass is 348 g/mol. The third kappa shape index (κ3) is 2.90. The molecule has 2 heterocycles. The van der Waals surface area contributed by atoms with E-state index in [1.165, 1.54) is 0 Å².